The summed E-state index contributed by atoms with van der Waals surface area (Å²) in [6.45, 7) is 8.22. The lowest BCUT2D eigenvalue weighted by Crippen LogP contribution is -2.46. The van der Waals surface area contributed by atoms with E-state index in [1.165, 1.54) is 6.92 Å². The highest BCUT2D eigenvalue weighted by molar-refractivity contribution is 5.87. The Kier molecular flexibility index (Phi) is 5.81. The van der Waals surface area contributed by atoms with E-state index in [1.807, 2.05) is 0 Å². The molecule has 2 atom stereocenters. The molecule has 0 fully saturated rings. The minimum atomic E-state index is -0.971. The highest BCUT2D eigenvalue weighted by atomic mass is 16.4. The average molecular weight is 258 g/mol. The van der Waals surface area contributed by atoms with Crippen LogP contribution in [0.25, 0.3) is 0 Å². The van der Waals surface area contributed by atoms with Crippen LogP contribution in [0.2, 0.25) is 0 Å². The fraction of sp³-hybridized carbons (Fsp3) is 0.750. The smallest absolute Gasteiger partial charge is 0.308 e. The molecule has 0 saturated carbocycles. The quantitative estimate of drug-likeness (QED) is 0.664. The Morgan fingerprint density at radius 2 is 1.67 bits per heavy atom. The number of hydrogen-bond donors (Lipinski definition) is 3. The fourth-order valence-corrected chi connectivity index (χ4v) is 1.07. The van der Waals surface area contributed by atoms with Crippen LogP contribution in [0, 0.1) is 11.3 Å². The van der Waals surface area contributed by atoms with E-state index in [4.69, 9.17) is 5.11 Å². The Hall–Kier alpha value is -1.59. The number of aliphatic carboxylic acids is 1. The second-order valence-electron chi connectivity index (χ2n) is 5.42. The molecule has 18 heavy (non-hydrogen) atoms. The monoisotopic (exact) mass is 258 g/mol. The SMILES string of the molecule is CC(NC(=O)CNC(=O)C(C)(C)C)C(C)C(=O)O. The second kappa shape index (κ2) is 6.37. The van der Waals surface area contributed by atoms with Crippen molar-refractivity contribution in [3.8, 4) is 0 Å². The van der Waals surface area contributed by atoms with Gasteiger partial charge in [-0.3, -0.25) is 14.4 Å². The summed E-state index contributed by atoms with van der Waals surface area (Å²) in [5.74, 6) is -2.27. The molecule has 6 heteroatoms. The van der Waals surface area contributed by atoms with E-state index in [9.17, 15) is 14.4 Å². The number of rotatable bonds is 5. The molecule has 6 nitrogen and oxygen atoms in total. The zero-order chi connectivity index (χ0) is 14.5. The van der Waals surface area contributed by atoms with Gasteiger partial charge in [-0.1, -0.05) is 20.8 Å². The van der Waals surface area contributed by atoms with Gasteiger partial charge in [0.25, 0.3) is 0 Å². The molecule has 0 spiro atoms. The average Bonchev–Trinajstić information content (AvgIpc) is 2.22. The number of nitrogens with one attached hydrogen (secondary N) is 2. The molecular weight excluding hydrogens is 236 g/mol. The van der Waals surface area contributed by atoms with Crippen molar-refractivity contribution in [2.24, 2.45) is 11.3 Å². The lowest BCUT2D eigenvalue weighted by molar-refractivity contribution is -0.142. The maximum atomic E-state index is 11.5. The first-order chi connectivity index (χ1) is 8.05. The van der Waals surface area contributed by atoms with Gasteiger partial charge in [-0.2, -0.15) is 0 Å². The van der Waals surface area contributed by atoms with E-state index in [0.29, 0.717) is 0 Å². The van der Waals surface area contributed by atoms with Gasteiger partial charge in [0.15, 0.2) is 0 Å². The summed E-state index contributed by atoms with van der Waals surface area (Å²) >= 11 is 0. The topological polar surface area (TPSA) is 95.5 Å². The predicted octanol–water partition coefficient (Wildman–Crippen LogP) is 0.374. The molecule has 0 saturated heterocycles. The Labute approximate surface area is 107 Å². The minimum Gasteiger partial charge on any atom is -0.481 e. The largest absolute Gasteiger partial charge is 0.481 e. The summed E-state index contributed by atoms with van der Waals surface area (Å²) < 4.78 is 0. The third kappa shape index (κ3) is 5.65. The van der Waals surface area contributed by atoms with Crippen molar-refractivity contribution in [1.82, 2.24) is 10.6 Å². The van der Waals surface area contributed by atoms with Crippen LogP contribution in [0.4, 0.5) is 0 Å². The Balaban J connectivity index is 4.14. The van der Waals surface area contributed by atoms with Gasteiger partial charge in [0.1, 0.15) is 0 Å². The van der Waals surface area contributed by atoms with Crippen molar-refractivity contribution in [2.75, 3.05) is 6.54 Å². The molecule has 104 valence electrons. The van der Waals surface area contributed by atoms with Crippen LogP contribution in [0.3, 0.4) is 0 Å². The number of carbonyl (C=O) groups is 3. The van der Waals surface area contributed by atoms with Crippen molar-refractivity contribution in [2.45, 2.75) is 40.7 Å². The van der Waals surface area contributed by atoms with Gasteiger partial charge in [0.05, 0.1) is 12.5 Å². The summed E-state index contributed by atoms with van der Waals surface area (Å²) in [6.07, 6.45) is 0. The molecule has 3 N–H and O–H groups in total. The summed E-state index contributed by atoms with van der Waals surface area (Å²) in [7, 11) is 0. The van der Waals surface area contributed by atoms with E-state index in [2.05, 4.69) is 10.6 Å². The zero-order valence-electron chi connectivity index (χ0n) is 11.5. The van der Waals surface area contributed by atoms with Crippen LogP contribution in [0.15, 0.2) is 0 Å². The van der Waals surface area contributed by atoms with Gasteiger partial charge in [-0.15, -0.1) is 0 Å². The molecule has 0 aromatic heterocycles. The van der Waals surface area contributed by atoms with Gasteiger partial charge in [0.2, 0.25) is 11.8 Å². The van der Waals surface area contributed by atoms with E-state index < -0.39 is 29.3 Å². The summed E-state index contributed by atoms with van der Waals surface area (Å²) in [5, 5.41) is 13.8. The zero-order valence-corrected chi connectivity index (χ0v) is 11.5. The van der Waals surface area contributed by atoms with Crippen molar-refractivity contribution < 1.29 is 19.5 Å². The lowest BCUT2D eigenvalue weighted by Gasteiger charge is -2.20. The predicted molar refractivity (Wildman–Crippen MR) is 66.9 cm³/mol. The van der Waals surface area contributed by atoms with Crippen LogP contribution in [0.5, 0.6) is 0 Å². The van der Waals surface area contributed by atoms with Crippen LogP contribution < -0.4 is 10.6 Å². The molecule has 0 aliphatic heterocycles. The Morgan fingerprint density at radius 1 is 1.17 bits per heavy atom. The second-order valence-corrected chi connectivity index (χ2v) is 5.42. The highest BCUT2D eigenvalue weighted by Gasteiger charge is 2.23. The van der Waals surface area contributed by atoms with Gasteiger partial charge >= 0.3 is 5.97 Å². The van der Waals surface area contributed by atoms with Crippen LogP contribution >= 0.6 is 0 Å². The number of carbonyl (C=O) groups excluding carboxylic acids is 2. The summed E-state index contributed by atoms with van der Waals surface area (Å²) in [5.41, 5.74) is -0.555. The van der Waals surface area contributed by atoms with Crippen molar-refractivity contribution in [3.05, 3.63) is 0 Å². The van der Waals surface area contributed by atoms with Crippen molar-refractivity contribution >= 4 is 17.8 Å². The maximum absolute atomic E-state index is 11.5. The summed E-state index contributed by atoms with van der Waals surface area (Å²) in [6, 6.07) is -0.485. The molecule has 0 rings (SSSR count). The van der Waals surface area contributed by atoms with Crippen molar-refractivity contribution in [1.29, 1.82) is 0 Å². The van der Waals surface area contributed by atoms with E-state index in [0.717, 1.165) is 0 Å². The molecule has 0 aromatic rings. The van der Waals surface area contributed by atoms with Crippen molar-refractivity contribution in [3.63, 3.8) is 0 Å². The molecule has 0 radical (unpaired) electrons. The number of hydrogen-bond acceptors (Lipinski definition) is 3. The molecule has 2 unspecified atom stereocenters. The third-order valence-electron chi connectivity index (χ3n) is 2.62. The normalized spacial score (nSPS) is 14.5. The Bertz CT molecular complexity index is 333. The lowest BCUT2D eigenvalue weighted by atomic mass is 9.96. The minimum absolute atomic E-state index is 0.146. The maximum Gasteiger partial charge on any atom is 0.308 e. The summed E-state index contributed by atoms with van der Waals surface area (Å²) in [4.78, 5) is 33.7. The fourth-order valence-electron chi connectivity index (χ4n) is 1.07. The number of carboxylic acids is 1. The van der Waals surface area contributed by atoms with Crippen LogP contribution in [0.1, 0.15) is 34.6 Å². The van der Waals surface area contributed by atoms with Gasteiger partial charge in [-0.05, 0) is 13.8 Å². The van der Waals surface area contributed by atoms with Gasteiger partial charge in [0, 0.05) is 11.5 Å². The molecular formula is C12H22N2O4. The van der Waals surface area contributed by atoms with Gasteiger partial charge in [-0.25, -0.2) is 0 Å². The first kappa shape index (κ1) is 16.4. The first-order valence-electron chi connectivity index (χ1n) is 5.86. The molecule has 0 aliphatic rings. The number of amides is 2. The molecule has 2 amide bonds. The van der Waals surface area contributed by atoms with E-state index in [1.54, 1.807) is 27.7 Å². The first-order valence-corrected chi connectivity index (χ1v) is 5.86. The van der Waals surface area contributed by atoms with E-state index in [-0.39, 0.29) is 12.5 Å². The van der Waals surface area contributed by atoms with Gasteiger partial charge < -0.3 is 15.7 Å². The molecule has 0 bridgehead atoms. The van der Waals surface area contributed by atoms with Crippen LogP contribution in [-0.4, -0.2) is 35.5 Å². The Morgan fingerprint density at radius 3 is 2.06 bits per heavy atom. The van der Waals surface area contributed by atoms with Crippen LogP contribution in [-0.2, 0) is 14.4 Å². The third-order valence-corrected chi connectivity index (χ3v) is 2.62. The highest BCUT2D eigenvalue weighted by Crippen LogP contribution is 2.11. The standard InChI is InChI=1S/C12H22N2O4/c1-7(10(16)17)8(2)14-9(15)6-13-11(18)12(3,4)5/h7-8H,6H2,1-5H3,(H,13,18)(H,14,15)(H,16,17). The molecule has 0 heterocycles. The molecule has 0 aromatic carbocycles. The molecule has 0 aliphatic carbocycles. The number of carboxylic acid groups (broad SMARTS) is 1. The van der Waals surface area contributed by atoms with E-state index >= 15 is 0 Å².